The average molecular weight is 1160 g/mol. The molecule has 1 saturated heterocycles. The standard InChI is InChI=1S/C71H118O12/c1-4-7-10-13-16-19-22-25-28-30-32-34-37-39-42-45-48-51-54-57-63(72)79-60-62(81-64(73)58-55-52-49-46-43-41-38-35-33-31-29-26-23-20-17-14-11-8-5-2)61-80-71-69(67(76)66(75)68(83-71)70(77)78)82-65(74)59-56-53-50-47-44-40-36-27-24-21-18-15-12-9-6-3/h7,9-10,12,16,18-19,21,25-29,32,34,36,62,66-69,71,75-76H,4-6,8,11,13-15,17,20,22-24,30-31,33,35,37-61H2,1-3H3,(H,77,78)/b10-7-,12-9-,19-16-,21-18-,28-25-,29-26-,34-32-,36-27-. The molecule has 0 aromatic rings. The zero-order valence-electron chi connectivity index (χ0n) is 52.4. The van der Waals surface area contributed by atoms with E-state index in [0.717, 1.165) is 141 Å². The summed E-state index contributed by atoms with van der Waals surface area (Å²) in [5.74, 6) is -3.16. The van der Waals surface area contributed by atoms with Crippen LogP contribution < -0.4 is 0 Å². The number of aliphatic hydroxyl groups is 2. The number of aliphatic hydroxyl groups excluding tert-OH is 2. The maximum Gasteiger partial charge on any atom is 0.335 e. The Morgan fingerprint density at radius 2 is 0.759 bits per heavy atom. The highest BCUT2D eigenvalue weighted by Crippen LogP contribution is 2.27. The SMILES string of the molecule is CC/C=C\C/C=C\C/C=C\C/C=C\CCCCCCCCC(=O)OCC(COC1OC(C(=O)O)C(O)C(O)C1OC(=O)CCCCCCC/C=C\C/C=C\C/C=C\CC)OC(=O)CCCCCCCCCCC/C=C\CCCCCCCC. The lowest BCUT2D eigenvalue weighted by atomic mass is 9.98. The van der Waals surface area contributed by atoms with Gasteiger partial charge < -0.3 is 39.0 Å². The number of esters is 3. The topological polar surface area (TPSA) is 175 Å². The third-order valence-corrected chi connectivity index (χ3v) is 14.6. The highest BCUT2D eigenvalue weighted by Gasteiger charge is 2.50. The molecular weight excluding hydrogens is 1040 g/mol. The molecule has 83 heavy (non-hydrogen) atoms. The predicted octanol–water partition coefficient (Wildman–Crippen LogP) is 18.0. The number of hydrogen-bond acceptors (Lipinski definition) is 11. The van der Waals surface area contributed by atoms with Gasteiger partial charge in [-0.1, -0.05) is 240 Å². The van der Waals surface area contributed by atoms with E-state index in [1.54, 1.807) is 0 Å². The number of aliphatic carboxylic acids is 1. The molecule has 0 spiro atoms. The largest absolute Gasteiger partial charge is 0.479 e. The van der Waals surface area contributed by atoms with Crippen molar-refractivity contribution in [2.24, 2.45) is 0 Å². The van der Waals surface area contributed by atoms with Crippen LogP contribution in [0.25, 0.3) is 0 Å². The van der Waals surface area contributed by atoms with Crippen LogP contribution in [0.3, 0.4) is 0 Å². The van der Waals surface area contributed by atoms with Gasteiger partial charge in [-0.3, -0.25) is 14.4 Å². The van der Waals surface area contributed by atoms with E-state index >= 15 is 0 Å². The second kappa shape index (κ2) is 58.0. The summed E-state index contributed by atoms with van der Waals surface area (Å²) in [6.07, 6.45) is 65.0. The van der Waals surface area contributed by atoms with Crippen LogP contribution >= 0.6 is 0 Å². The second-order valence-electron chi connectivity index (χ2n) is 22.3. The number of carbonyl (C=O) groups excluding carboxylic acids is 3. The third kappa shape index (κ3) is 47.6. The molecular formula is C71H118O12. The molecule has 0 aromatic carbocycles. The molecule has 474 valence electrons. The van der Waals surface area contributed by atoms with E-state index in [9.17, 15) is 34.5 Å². The lowest BCUT2D eigenvalue weighted by molar-refractivity contribution is -0.301. The minimum absolute atomic E-state index is 0.0361. The second-order valence-corrected chi connectivity index (χ2v) is 22.3. The summed E-state index contributed by atoms with van der Waals surface area (Å²) in [6, 6.07) is 0. The molecule has 1 rings (SSSR count). The summed E-state index contributed by atoms with van der Waals surface area (Å²) in [5.41, 5.74) is 0. The third-order valence-electron chi connectivity index (χ3n) is 14.6. The number of allylic oxidation sites excluding steroid dienone is 16. The summed E-state index contributed by atoms with van der Waals surface area (Å²) in [6.45, 7) is 5.77. The van der Waals surface area contributed by atoms with Crippen molar-refractivity contribution in [1.82, 2.24) is 0 Å². The summed E-state index contributed by atoms with van der Waals surface area (Å²) in [5, 5.41) is 31.6. The molecule has 6 unspecified atom stereocenters. The van der Waals surface area contributed by atoms with Crippen LogP contribution in [0.1, 0.15) is 278 Å². The van der Waals surface area contributed by atoms with E-state index in [0.29, 0.717) is 19.3 Å². The molecule has 6 atom stereocenters. The Morgan fingerprint density at radius 1 is 0.410 bits per heavy atom. The summed E-state index contributed by atoms with van der Waals surface area (Å²) >= 11 is 0. The van der Waals surface area contributed by atoms with Crippen molar-refractivity contribution in [3.05, 3.63) is 97.2 Å². The molecule has 0 aliphatic carbocycles. The van der Waals surface area contributed by atoms with Gasteiger partial charge >= 0.3 is 23.9 Å². The number of hydrogen-bond donors (Lipinski definition) is 3. The van der Waals surface area contributed by atoms with Crippen molar-refractivity contribution in [1.29, 1.82) is 0 Å². The van der Waals surface area contributed by atoms with Crippen LogP contribution in [-0.4, -0.2) is 89.2 Å². The number of carbonyl (C=O) groups is 4. The van der Waals surface area contributed by atoms with Crippen LogP contribution in [0.4, 0.5) is 0 Å². The van der Waals surface area contributed by atoms with Crippen molar-refractivity contribution in [2.75, 3.05) is 13.2 Å². The number of carboxylic acids is 1. The molecule has 0 amide bonds. The summed E-state index contributed by atoms with van der Waals surface area (Å²) < 4.78 is 28.5. The van der Waals surface area contributed by atoms with Crippen molar-refractivity contribution >= 4 is 23.9 Å². The van der Waals surface area contributed by atoms with Gasteiger partial charge in [-0.05, 0) is 116 Å². The molecule has 0 aromatic heterocycles. The van der Waals surface area contributed by atoms with Crippen molar-refractivity contribution < 1.29 is 58.2 Å². The molecule has 1 heterocycles. The highest BCUT2D eigenvalue weighted by atomic mass is 16.7. The molecule has 0 bridgehead atoms. The fourth-order valence-corrected chi connectivity index (χ4v) is 9.60. The Hall–Kier alpha value is -4.36. The summed E-state index contributed by atoms with van der Waals surface area (Å²) in [7, 11) is 0. The predicted molar refractivity (Wildman–Crippen MR) is 340 cm³/mol. The monoisotopic (exact) mass is 1160 g/mol. The smallest absolute Gasteiger partial charge is 0.335 e. The van der Waals surface area contributed by atoms with E-state index < -0.39 is 67.3 Å². The Labute approximate surface area is 504 Å². The maximum absolute atomic E-state index is 13.2. The first-order valence-electron chi connectivity index (χ1n) is 33.2. The maximum atomic E-state index is 13.2. The van der Waals surface area contributed by atoms with Crippen molar-refractivity contribution in [2.45, 2.75) is 314 Å². The van der Waals surface area contributed by atoms with Crippen LogP contribution in [0, 0.1) is 0 Å². The molecule has 0 saturated carbocycles. The lowest BCUT2D eigenvalue weighted by Crippen LogP contribution is -2.61. The Balaban J connectivity index is 2.67. The van der Waals surface area contributed by atoms with Gasteiger partial charge in [0.15, 0.2) is 24.6 Å². The highest BCUT2D eigenvalue weighted by molar-refractivity contribution is 5.74. The molecule has 3 N–H and O–H groups in total. The molecule has 12 heteroatoms. The van der Waals surface area contributed by atoms with Gasteiger partial charge in [0, 0.05) is 19.3 Å². The Kier molecular flexibility index (Phi) is 53.6. The molecule has 1 aliphatic rings. The first kappa shape index (κ1) is 76.7. The van der Waals surface area contributed by atoms with E-state index in [1.807, 2.05) is 0 Å². The van der Waals surface area contributed by atoms with Gasteiger partial charge in [-0.15, -0.1) is 0 Å². The Morgan fingerprint density at radius 3 is 1.17 bits per heavy atom. The fraction of sp³-hybridized carbons (Fsp3) is 0.718. The van der Waals surface area contributed by atoms with Crippen LogP contribution in [0.5, 0.6) is 0 Å². The van der Waals surface area contributed by atoms with Gasteiger partial charge in [-0.25, -0.2) is 4.79 Å². The quantitative estimate of drug-likeness (QED) is 0.0228. The van der Waals surface area contributed by atoms with Gasteiger partial charge in [-0.2, -0.15) is 0 Å². The number of rotatable bonds is 56. The fourth-order valence-electron chi connectivity index (χ4n) is 9.60. The number of ether oxygens (including phenoxy) is 5. The van der Waals surface area contributed by atoms with E-state index in [2.05, 4.69) is 118 Å². The first-order chi connectivity index (χ1) is 40.6. The molecule has 1 fully saturated rings. The molecule has 1 aliphatic heterocycles. The minimum Gasteiger partial charge on any atom is -0.479 e. The van der Waals surface area contributed by atoms with Gasteiger partial charge in [0.2, 0.25) is 0 Å². The van der Waals surface area contributed by atoms with E-state index in [-0.39, 0.29) is 25.9 Å². The van der Waals surface area contributed by atoms with Crippen LogP contribution in [0.15, 0.2) is 97.2 Å². The van der Waals surface area contributed by atoms with E-state index in [1.165, 1.54) is 77.0 Å². The van der Waals surface area contributed by atoms with Crippen LogP contribution in [-0.2, 0) is 42.9 Å². The molecule has 12 nitrogen and oxygen atoms in total. The number of carboxylic acid groups (broad SMARTS) is 1. The Bertz CT molecular complexity index is 1810. The van der Waals surface area contributed by atoms with Crippen molar-refractivity contribution in [3.63, 3.8) is 0 Å². The minimum atomic E-state index is -1.92. The lowest BCUT2D eigenvalue weighted by Gasteiger charge is -2.40. The zero-order chi connectivity index (χ0) is 60.3. The normalized spacial score (nSPS) is 18.2. The summed E-state index contributed by atoms with van der Waals surface area (Å²) in [4.78, 5) is 51.4. The van der Waals surface area contributed by atoms with E-state index in [4.69, 9.17) is 23.7 Å². The molecule has 0 radical (unpaired) electrons. The van der Waals surface area contributed by atoms with Crippen LogP contribution in [0.2, 0.25) is 0 Å². The van der Waals surface area contributed by atoms with Gasteiger partial charge in [0.25, 0.3) is 0 Å². The van der Waals surface area contributed by atoms with Gasteiger partial charge in [0.1, 0.15) is 18.8 Å². The van der Waals surface area contributed by atoms with Crippen molar-refractivity contribution in [3.8, 4) is 0 Å². The number of unbranched alkanes of at least 4 members (excludes halogenated alkanes) is 26. The van der Waals surface area contributed by atoms with Gasteiger partial charge in [0.05, 0.1) is 6.61 Å². The first-order valence-corrected chi connectivity index (χ1v) is 33.2. The zero-order valence-corrected chi connectivity index (χ0v) is 52.4. The average Bonchev–Trinajstić information content (AvgIpc) is 3.58.